The highest BCUT2D eigenvalue weighted by atomic mass is 32.2. The summed E-state index contributed by atoms with van der Waals surface area (Å²) in [6.45, 7) is 0. The van der Waals surface area contributed by atoms with Crippen LogP contribution in [0.15, 0.2) is 76.6 Å². The van der Waals surface area contributed by atoms with Crippen molar-refractivity contribution in [2.24, 2.45) is 0 Å². The van der Waals surface area contributed by atoms with Gasteiger partial charge >= 0.3 is 17.8 Å². The van der Waals surface area contributed by atoms with E-state index in [0.717, 1.165) is 33.8 Å². The fourth-order valence-electron chi connectivity index (χ4n) is 4.30. The van der Waals surface area contributed by atoms with Gasteiger partial charge in [-0.25, -0.2) is 9.59 Å². The molecule has 1 unspecified atom stereocenters. The van der Waals surface area contributed by atoms with E-state index in [1.54, 1.807) is 24.3 Å². The average molecular weight is 510 g/mol. The smallest absolute Gasteiger partial charge is 0.416 e. The average Bonchev–Trinajstić information content (AvgIpc) is 3.32. The molecule has 0 saturated carbocycles. The van der Waals surface area contributed by atoms with Crippen LogP contribution in [0, 0.1) is 0 Å². The number of fused-ring (bicyclic) bond motifs is 2. The predicted octanol–water partition coefficient (Wildman–Crippen LogP) is 5.13. The first-order valence-electron chi connectivity index (χ1n) is 10.8. The van der Waals surface area contributed by atoms with Gasteiger partial charge in [-0.15, -0.1) is 11.8 Å². The summed E-state index contributed by atoms with van der Waals surface area (Å²) in [5.74, 6) is -1.18. The van der Waals surface area contributed by atoms with Crippen LogP contribution in [0.5, 0.6) is 0 Å². The third-order valence-electron chi connectivity index (χ3n) is 5.97. The van der Waals surface area contributed by atoms with E-state index in [1.807, 2.05) is 18.2 Å². The Kier molecular flexibility index (Phi) is 5.91. The summed E-state index contributed by atoms with van der Waals surface area (Å²) in [7, 11) is 1.18. The van der Waals surface area contributed by atoms with Crippen LogP contribution in [0.1, 0.15) is 27.7 Å². The van der Waals surface area contributed by atoms with Crippen molar-refractivity contribution in [3.63, 3.8) is 0 Å². The van der Waals surface area contributed by atoms with Crippen LogP contribution in [-0.2, 0) is 15.7 Å². The van der Waals surface area contributed by atoms with E-state index in [0.29, 0.717) is 5.39 Å². The van der Waals surface area contributed by atoms with E-state index < -0.39 is 35.2 Å². The molecular formula is C26H17F3N2O4S. The highest BCUT2D eigenvalue weighted by Crippen LogP contribution is 2.42. The maximum atomic E-state index is 13.8. The number of esters is 1. The van der Waals surface area contributed by atoms with Gasteiger partial charge in [0.1, 0.15) is 11.7 Å². The molecule has 0 spiro atoms. The van der Waals surface area contributed by atoms with Crippen LogP contribution < -0.4 is 5.69 Å². The highest BCUT2D eigenvalue weighted by molar-refractivity contribution is 7.99. The van der Waals surface area contributed by atoms with Crippen molar-refractivity contribution in [1.29, 1.82) is 0 Å². The first-order valence-corrected chi connectivity index (χ1v) is 11.8. The number of hydrogen-bond donors (Lipinski definition) is 0. The quantitative estimate of drug-likeness (QED) is 0.215. The van der Waals surface area contributed by atoms with Crippen LogP contribution >= 0.6 is 11.8 Å². The lowest BCUT2D eigenvalue weighted by Crippen LogP contribution is -2.33. The molecule has 182 valence electrons. The first kappa shape index (κ1) is 23.8. The van der Waals surface area contributed by atoms with Crippen molar-refractivity contribution in [3.8, 4) is 11.1 Å². The number of hydrogen-bond acceptors (Lipinski definition) is 6. The maximum absolute atomic E-state index is 13.8. The molecule has 1 aromatic heterocycles. The van der Waals surface area contributed by atoms with Crippen molar-refractivity contribution in [1.82, 2.24) is 9.55 Å². The largest absolute Gasteiger partial charge is 0.467 e. The van der Waals surface area contributed by atoms with Gasteiger partial charge in [0.25, 0.3) is 0 Å². The maximum Gasteiger partial charge on any atom is 0.416 e. The minimum absolute atomic E-state index is 0.0580. The first-order chi connectivity index (χ1) is 17.2. The number of aromatic nitrogens is 2. The van der Waals surface area contributed by atoms with E-state index in [1.165, 1.54) is 19.2 Å². The number of carbonyl (C=O) groups is 2. The number of nitrogens with zero attached hydrogens (tertiary/aromatic N) is 2. The third-order valence-corrected chi connectivity index (χ3v) is 7.13. The number of alkyl halides is 3. The van der Waals surface area contributed by atoms with E-state index in [4.69, 9.17) is 4.74 Å². The molecule has 0 radical (unpaired) electrons. The number of thioether (sulfide) groups is 1. The van der Waals surface area contributed by atoms with Gasteiger partial charge in [0.2, 0.25) is 5.78 Å². The lowest BCUT2D eigenvalue weighted by atomic mass is 9.95. The summed E-state index contributed by atoms with van der Waals surface area (Å²) in [6.07, 6.45) is -4.63. The Morgan fingerprint density at radius 2 is 1.78 bits per heavy atom. The molecule has 0 aliphatic carbocycles. The Hall–Kier alpha value is -3.92. The highest BCUT2D eigenvalue weighted by Gasteiger charge is 2.37. The minimum Gasteiger partial charge on any atom is -0.467 e. The fourth-order valence-corrected chi connectivity index (χ4v) is 5.60. The number of methoxy groups -OCH3 is 1. The van der Waals surface area contributed by atoms with Crippen LogP contribution in [-0.4, -0.2) is 34.2 Å². The Bertz CT molecular complexity index is 1590. The normalized spacial score (nSPS) is 15.1. The van der Waals surface area contributed by atoms with Crippen molar-refractivity contribution in [3.05, 3.63) is 94.0 Å². The van der Waals surface area contributed by atoms with Gasteiger partial charge in [-0.05, 0) is 28.5 Å². The molecule has 0 fully saturated rings. The lowest BCUT2D eigenvalue weighted by Gasteiger charge is -2.17. The SMILES string of the molecule is COC(=O)C1CSc2c(-c3cccc(C(F)(F)F)c3)c(C(=O)c3cccc4ccccc34)nc(=O)n21. The minimum atomic E-state index is -4.63. The van der Waals surface area contributed by atoms with Crippen molar-refractivity contribution < 1.29 is 27.5 Å². The molecule has 36 heavy (non-hydrogen) atoms. The number of ether oxygens (including phenoxy) is 1. The van der Waals surface area contributed by atoms with Gasteiger partial charge in [-0.1, -0.05) is 54.6 Å². The standard InChI is InChI=1S/C26H17F3N2O4S/c1-35-24(33)19-13-36-23-20(15-8-4-9-16(12-15)26(27,28)29)21(30-25(34)31(19)23)22(32)18-11-5-7-14-6-2-3-10-17(14)18/h2-12,19H,13H2,1H3. The van der Waals surface area contributed by atoms with Crippen LogP contribution in [0.4, 0.5) is 13.2 Å². The molecule has 0 bridgehead atoms. The molecule has 1 atom stereocenters. The zero-order valence-electron chi connectivity index (χ0n) is 18.7. The van der Waals surface area contributed by atoms with Crippen LogP contribution in [0.2, 0.25) is 0 Å². The second-order valence-corrected chi connectivity index (χ2v) is 9.09. The number of ketones is 1. The molecule has 1 aliphatic heterocycles. The molecule has 5 rings (SSSR count). The molecule has 10 heteroatoms. The summed E-state index contributed by atoms with van der Waals surface area (Å²) < 4.78 is 46.5. The van der Waals surface area contributed by atoms with Crippen LogP contribution in [0.25, 0.3) is 21.9 Å². The van der Waals surface area contributed by atoms with E-state index in [-0.39, 0.29) is 33.2 Å². The van der Waals surface area contributed by atoms with Crippen molar-refractivity contribution in [2.75, 3.05) is 12.9 Å². The third kappa shape index (κ3) is 3.97. The monoisotopic (exact) mass is 510 g/mol. The van der Waals surface area contributed by atoms with Gasteiger partial charge < -0.3 is 4.74 Å². The summed E-state index contributed by atoms with van der Waals surface area (Å²) in [4.78, 5) is 43.2. The van der Waals surface area contributed by atoms with E-state index in [9.17, 15) is 27.6 Å². The predicted molar refractivity (Wildman–Crippen MR) is 128 cm³/mol. The Labute approximate surface area is 206 Å². The van der Waals surface area contributed by atoms with Crippen molar-refractivity contribution in [2.45, 2.75) is 17.2 Å². The number of rotatable bonds is 4. The molecular weight excluding hydrogens is 493 g/mol. The van der Waals surface area contributed by atoms with Crippen LogP contribution in [0.3, 0.4) is 0 Å². The second-order valence-electron chi connectivity index (χ2n) is 8.08. The number of carbonyl (C=O) groups excluding carboxylic acids is 2. The number of benzene rings is 3. The van der Waals surface area contributed by atoms with E-state index >= 15 is 0 Å². The Morgan fingerprint density at radius 3 is 2.53 bits per heavy atom. The topological polar surface area (TPSA) is 78.3 Å². The molecule has 2 heterocycles. The summed E-state index contributed by atoms with van der Waals surface area (Å²) in [6, 6.07) is 15.7. The molecule has 0 N–H and O–H groups in total. The molecule has 0 saturated heterocycles. The van der Waals surface area contributed by atoms with E-state index in [2.05, 4.69) is 4.98 Å². The molecule has 0 amide bonds. The van der Waals surface area contributed by atoms with Gasteiger partial charge in [0, 0.05) is 16.9 Å². The Balaban J connectivity index is 1.80. The summed E-state index contributed by atoms with van der Waals surface area (Å²) in [5, 5.41) is 1.58. The van der Waals surface area contributed by atoms with Gasteiger partial charge in [0.15, 0.2) is 0 Å². The molecule has 4 aromatic rings. The molecule has 1 aliphatic rings. The summed E-state index contributed by atoms with van der Waals surface area (Å²) >= 11 is 1.09. The molecule has 3 aromatic carbocycles. The van der Waals surface area contributed by atoms with Crippen molar-refractivity contribution >= 4 is 34.3 Å². The second kappa shape index (κ2) is 8.94. The zero-order valence-corrected chi connectivity index (χ0v) is 19.5. The number of halogens is 3. The zero-order chi connectivity index (χ0) is 25.6. The summed E-state index contributed by atoms with van der Waals surface area (Å²) in [5.41, 5.74) is -1.67. The van der Waals surface area contributed by atoms with Gasteiger partial charge in [0.05, 0.1) is 17.7 Å². The Morgan fingerprint density at radius 1 is 1.06 bits per heavy atom. The lowest BCUT2D eigenvalue weighted by molar-refractivity contribution is -0.144. The van der Waals surface area contributed by atoms with Gasteiger partial charge in [-0.3, -0.25) is 9.36 Å². The molecule has 6 nitrogen and oxygen atoms in total. The fraction of sp³-hybridized carbons (Fsp3) is 0.154. The van der Waals surface area contributed by atoms with Gasteiger partial charge in [-0.2, -0.15) is 18.2 Å².